The second-order valence-corrected chi connectivity index (χ2v) is 7.56. The lowest BCUT2D eigenvalue weighted by Gasteiger charge is -2.53. The number of fused-ring (bicyclic) bond motifs is 2. The van der Waals surface area contributed by atoms with Crippen LogP contribution in [0.2, 0.25) is 0 Å². The molecular formula is C17H24N2O3. The molecule has 0 unspecified atom stereocenters. The standard InChI is InChI=1S/C17H24N2O3/c1-15(2)16(3)8-9-17(15,13(21)18(4)12(16)20)14(22)19-10-6-5-7-11-19/h6,10H,5,7-9,11H2,1-4H3/t16-,17+/m0/s1. The van der Waals surface area contributed by atoms with E-state index >= 15 is 0 Å². The summed E-state index contributed by atoms with van der Waals surface area (Å²) < 4.78 is 0. The van der Waals surface area contributed by atoms with Crippen molar-refractivity contribution in [2.75, 3.05) is 13.6 Å². The zero-order chi connectivity index (χ0) is 16.3. The summed E-state index contributed by atoms with van der Waals surface area (Å²) in [5.74, 6) is -0.624. The van der Waals surface area contributed by atoms with Crippen LogP contribution in [0.4, 0.5) is 0 Å². The lowest BCUT2D eigenvalue weighted by atomic mass is 9.55. The average Bonchev–Trinajstić information content (AvgIpc) is 2.69. The van der Waals surface area contributed by atoms with Crippen LogP contribution in [-0.4, -0.2) is 41.1 Å². The number of likely N-dealkylation sites (tertiary alicyclic amines) is 1. The smallest absolute Gasteiger partial charge is 0.245 e. The Labute approximate surface area is 131 Å². The summed E-state index contributed by atoms with van der Waals surface area (Å²) in [5, 5.41) is 0. The van der Waals surface area contributed by atoms with Gasteiger partial charge in [0.1, 0.15) is 5.41 Å². The molecule has 5 nitrogen and oxygen atoms in total. The maximum Gasteiger partial charge on any atom is 0.245 e. The third-order valence-electron chi connectivity index (χ3n) is 6.57. The van der Waals surface area contributed by atoms with E-state index in [4.69, 9.17) is 0 Å². The molecule has 0 aromatic rings. The van der Waals surface area contributed by atoms with Crippen LogP contribution in [0.3, 0.4) is 0 Å². The van der Waals surface area contributed by atoms with Crippen LogP contribution in [0.25, 0.3) is 0 Å². The van der Waals surface area contributed by atoms with Crippen molar-refractivity contribution in [3.05, 3.63) is 12.3 Å². The largest absolute Gasteiger partial charge is 0.318 e. The van der Waals surface area contributed by atoms with Crippen LogP contribution in [0.15, 0.2) is 12.3 Å². The predicted molar refractivity (Wildman–Crippen MR) is 81.4 cm³/mol. The van der Waals surface area contributed by atoms with Crippen LogP contribution in [0, 0.1) is 16.2 Å². The monoisotopic (exact) mass is 304 g/mol. The van der Waals surface area contributed by atoms with Crippen molar-refractivity contribution in [2.24, 2.45) is 16.2 Å². The second kappa shape index (κ2) is 4.43. The van der Waals surface area contributed by atoms with Gasteiger partial charge in [-0.15, -0.1) is 0 Å². The number of allylic oxidation sites excluding steroid dienone is 1. The molecule has 0 N–H and O–H groups in total. The molecule has 2 heterocycles. The van der Waals surface area contributed by atoms with Gasteiger partial charge in [0.2, 0.25) is 17.7 Å². The van der Waals surface area contributed by atoms with Crippen LogP contribution < -0.4 is 0 Å². The lowest BCUT2D eigenvalue weighted by molar-refractivity contribution is -0.181. The van der Waals surface area contributed by atoms with Crippen molar-refractivity contribution in [2.45, 2.75) is 46.5 Å². The molecule has 1 saturated heterocycles. The molecule has 2 atom stereocenters. The summed E-state index contributed by atoms with van der Waals surface area (Å²) in [7, 11) is 1.51. The SMILES string of the molecule is CN1C(=O)[C@@]2(C(=O)N3C=CCCC3)CC[C@@](C)(C1=O)C2(C)C. The van der Waals surface area contributed by atoms with Crippen molar-refractivity contribution in [3.63, 3.8) is 0 Å². The maximum atomic E-state index is 13.3. The van der Waals surface area contributed by atoms with E-state index < -0.39 is 16.2 Å². The molecule has 120 valence electrons. The van der Waals surface area contributed by atoms with Gasteiger partial charge in [0.15, 0.2) is 0 Å². The second-order valence-electron chi connectivity index (χ2n) is 7.56. The number of hydrogen-bond donors (Lipinski definition) is 0. The summed E-state index contributed by atoms with van der Waals surface area (Å²) in [6.45, 7) is 6.37. The van der Waals surface area contributed by atoms with Gasteiger partial charge in [-0.2, -0.15) is 0 Å². The molecule has 0 aromatic heterocycles. The number of amides is 3. The maximum absolute atomic E-state index is 13.3. The Balaban J connectivity index is 2.13. The first-order valence-corrected chi connectivity index (χ1v) is 8.00. The number of carbonyl (C=O) groups excluding carboxylic acids is 3. The minimum atomic E-state index is -1.12. The minimum absolute atomic E-state index is 0.137. The van der Waals surface area contributed by atoms with Crippen molar-refractivity contribution in [1.29, 1.82) is 0 Å². The molecule has 2 bridgehead atoms. The summed E-state index contributed by atoms with van der Waals surface area (Å²) in [6.07, 6.45) is 6.69. The van der Waals surface area contributed by atoms with Gasteiger partial charge in [0.25, 0.3) is 0 Å². The molecule has 5 heteroatoms. The molecule has 1 saturated carbocycles. The number of nitrogens with zero attached hydrogens (tertiary/aromatic N) is 2. The van der Waals surface area contributed by atoms with Crippen molar-refractivity contribution < 1.29 is 14.4 Å². The Morgan fingerprint density at radius 1 is 1.14 bits per heavy atom. The fourth-order valence-corrected chi connectivity index (χ4v) is 4.57. The van der Waals surface area contributed by atoms with Gasteiger partial charge in [-0.05, 0) is 25.7 Å². The first kappa shape index (κ1) is 15.3. The topological polar surface area (TPSA) is 57.7 Å². The molecule has 3 amide bonds. The van der Waals surface area contributed by atoms with Crippen LogP contribution >= 0.6 is 0 Å². The number of carbonyl (C=O) groups is 3. The summed E-state index contributed by atoms with van der Waals surface area (Å²) in [4.78, 5) is 41.8. The highest BCUT2D eigenvalue weighted by molar-refractivity contribution is 6.16. The highest BCUT2D eigenvalue weighted by atomic mass is 16.2. The quantitative estimate of drug-likeness (QED) is 0.549. The normalized spacial score (nSPS) is 36.9. The van der Waals surface area contributed by atoms with Crippen molar-refractivity contribution in [3.8, 4) is 0 Å². The van der Waals surface area contributed by atoms with Gasteiger partial charge >= 0.3 is 0 Å². The predicted octanol–water partition coefficient (Wildman–Crippen LogP) is 1.93. The zero-order valence-electron chi connectivity index (χ0n) is 13.8. The molecule has 22 heavy (non-hydrogen) atoms. The molecule has 0 radical (unpaired) electrons. The fourth-order valence-electron chi connectivity index (χ4n) is 4.57. The third-order valence-corrected chi connectivity index (χ3v) is 6.57. The van der Waals surface area contributed by atoms with Crippen LogP contribution in [0.5, 0.6) is 0 Å². The molecule has 1 aliphatic carbocycles. The minimum Gasteiger partial charge on any atom is -0.318 e. The van der Waals surface area contributed by atoms with Gasteiger partial charge in [0, 0.05) is 25.2 Å². The molecular weight excluding hydrogens is 280 g/mol. The molecule has 3 aliphatic rings. The first-order chi connectivity index (χ1) is 10.2. The lowest BCUT2D eigenvalue weighted by Crippen LogP contribution is -2.67. The molecule has 0 spiro atoms. The fraction of sp³-hybridized carbons (Fsp3) is 0.706. The molecule has 2 fully saturated rings. The van der Waals surface area contributed by atoms with Crippen molar-refractivity contribution in [1.82, 2.24) is 9.80 Å². The molecule has 0 aromatic carbocycles. The number of hydrogen-bond acceptors (Lipinski definition) is 3. The molecule has 3 rings (SSSR count). The van der Waals surface area contributed by atoms with Crippen LogP contribution in [0.1, 0.15) is 46.5 Å². The van der Waals surface area contributed by atoms with E-state index in [9.17, 15) is 14.4 Å². The first-order valence-electron chi connectivity index (χ1n) is 8.00. The number of rotatable bonds is 1. The Bertz CT molecular complexity index is 595. The zero-order valence-corrected chi connectivity index (χ0v) is 13.8. The van der Waals surface area contributed by atoms with E-state index in [1.165, 1.54) is 11.9 Å². The van der Waals surface area contributed by atoms with E-state index in [1.807, 2.05) is 26.8 Å². The summed E-state index contributed by atoms with van der Waals surface area (Å²) >= 11 is 0. The Morgan fingerprint density at radius 3 is 2.41 bits per heavy atom. The average molecular weight is 304 g/mol. The van der Waals surface area contributed by atoms with E-state index in [0.29, 0.717) is 19.4 Å². The Kier molecular flexibility index (Phi) is 3.07. The highest BCUT2D eigenvalue weighted by Crippen LogP contribution is 2.67. The van der Waals surface area contributed by atoms with E-state index in [-0.39, 0.29) is 17.7 Å². The Morgan fingerprint density at radius 2 is 1.82 bits per heavy atom. The van der Waals surface area contributed by atoms with Gasteiger partial charge in [-0.1, -0.05) is 26.8 Å². The summed E-state index contributed by atoms with van der Waals surface area (Å²) in [6, 6.07) is 0. The molecule has 2 aliphatic heterocycles. The van der Waals surface area contributed by atoms with E-state index in [1.54, 1.807) is 11.1 Å². The Hall–Kier alpha value is -1.65. The van der Waals surface area contributed by atoms with Gasteiger partial charge in [-0.3, -0.25) is 19.3 Å². The van der Waals surface area contributed by atoms with Gasteiger partial charge in [0.05, 0.1) is 5.41 Å². The van der Waals surface area contributed by atoms with Crippen molar-refractivity contribution >= 4 is 17.7 Å². The number of imide groups is 1. The van der Waals surface area contributed by atoms with E-state index in [0.717, 1.165) is 12.8 Å². The number of piperidine rings is 1. The van der Waals surface area contributed by atoms with E-state index in [2.05, 4.69) is 0 Å². The van der Waals surface area contributed by atoms with Gasteiger partial charge in [-0.25, -0.2) is 0 Å². The van der Waals surface area contributed by atoms with Crippen LogP contribution in [-0.2, 0) is 14.4 Å². The summed E-state index contributed by atoms with van der Waals surface area (Å²) in [5.41, 5.74) is -2.46. The third kappa shape index (κ3) is 1.47. The van der Waals surface area contributed by atoms with Gasteiger partial charge < -0.3 is 4.90 Å². The highest BCUT2D eigenvalue weighted by Gasteiger charge is 2.75.